The van der Waals surface area contributed by atoms with Gasteiger partial charge in [0.1, 0.15) is 11.5 Å². The summed E-state index contributed by atoms with van der Waals surface area (Å²) in [6.45, 7) is 2.98. The van der Waals surface area contributed by atoms with Crippen molar-refractivity contribution in [3.63, 3.8) is 0 Å². The highest BCUT2D eigenvalue weighted by Crippen LogP contribution is 2.03. The van der Waals surface area contributed by atoms with E-state index in [1.54, 1.807) is 6.33 Å². The van der Waals surface area contributed by atoms with Crippen molar-refractivity contribution >= 4 is 5.84 Å². The second-order valence-electron chi connectivity index (χ2n) is 3.12. The molecule has 4 nitrogen and oxygen atoms in total. The molecular weight excluding hydrogens is 152 g/mol. The number of aryl methyl sites for hydroxylation is 1. The van der Waals surface area contributed by atoms with Gasteiger partial charge in [-0.15, -0.1) is 0 Å². The van der Waals surface area contributed by atoms with Gasteiger partial charge in [0.2, 0.25) is 0 Å². The van der Waals surface area contributed by atoms with Gasteiger partial charge < -0.3 is 9.88 Å². The highest BCUT2D eigenvalue weighted by molar-refractivity contribution is 5.98. The fraction of sp³-hybridized carbons (Fsp3) is 0.500. The summed E-state index contributed by atoms with van der Waals surface area (Å²) < 4.78 is 1.96. The number of imidazole rings is 1. The number of amidine groups is 1. The van der Waals surface area contributed by atoms with Crippen LogP contribution in [-0.4, -0.2) is 28.0 Å². The Bertz CT molecular complexity index is 313. The van der Waals surface area contributed by atoms with E-state index in [0.717, 1.165) is 18.1 Å². The first kappa shape index (κ1) is 7.34. The van der Waals surface area contributed by atoms with E-state index in [2.05, 4.69) is 22.2 Å². The van der Waals surface area contributed by atoms with E-state index < -0.39 is 0 Å². The minimum atomic E-state index is 0.454. The summed E-state index contributed by atoms with van der Waals surface area (Å²) in [4.78, 5) is 8.40. The molecule has 1 aliphatic rings. The Hall–Kier alpha value is -1.32. The largest absolute Gasteiger partial charge is 0.364 e. The topological polar surface area (TPSA) is 42.2 Å². The van der Waals surface area contributed by atoms with Gasteiger partial charge in [0.05, 0.1) is 19.1 Å². The Morgan fingerprint density at radius 1 is 1.67 bits per heavy atom. The van der Waals surface area contributed by atoms with E-state index in [1.807, 2.05) is 17.8 Å². The molecule has 0 radical (unpaired) electrons. The molecule has 64 valence electrons. The maximum atomic E-state index is 4.36. The van der Waals surface area contributed by atoms with Gasteiger partial charge >= 0.3 is 0 Å². The van der Waals surface area contributed by atoms with Gasteiger partial charge in [0.25, 0.3) is 0 Å². The molecule has 1 N–H and O–H groups in total. The molecule has 1 unspecified atom stereocenters. The monoisotopic (exact) mass is 164 g/mol. The molecule has 1 aromatic rings. The Labute approximate surface area is 71.3 Å². The van der Waals surface area contributed by atoms with Crippen LogP contribution in [0.4, 0.5) is 0 Å². The summed E-state index contributed by atoms with van der Waals surface area (Å²) in [6, 6.07) is 0.454. The second kappa shape index (κ2) is 2.62. The summed E-state index contributed by atoms with van der Waals surface area (Å²) in [5.74, 6) is 0.961. The number of nitrogens with one attached hydrogen (secondary N) is 1. The van der Waals surface area contributed by atoms with E-state index >= 15 is 0 Å². The van der Waals surface area contributed by atoms with Crippen LogP contribution >= 0.6 is 0 Å². The number of aliphatic imine (C=N–C) groups is 1. The zero-order chi connectivity index (χ0) is 8.55. The average molecular weight is 164 g/mol. The predicted molar refractivity (Wildman–Crippen MR) is 47.2 cm³/mol. The van der Waals surface area contributed by atoms with Crippen LogP contribution in [0.25, 0.3) is 0 Å². The quantitative estimate of drug-likeness (QED) is 0.642. The molecule has 0 saturated heterocycles. The molecule has 2 rings (SSSR count). The molecule has 0 saturated carbocycles. The molecule has 0 fully saturated rings. The number of hydrogen-bond donors (Lipinski definition) is 1. The lowest BCUT2D eigenvalue weighted by Gasteiger charge is -2.05. The van der Waals surface area contributed by atoms with Crippen LogP contribution < -0.4 is 5.32 Å². The van der Waals surface area contributed by atoms with Crippen LogP contribution in [0.5, 0.6) is 0 Å². The van der Waals surface area contributed by atoms with Gasteiger partial charge in [-0.2, -0.15) is 0 Å². The number of hydrogen-bond acceptors (Lipinski definition) is 3. The summed E-state index contributed by atoms with van der Waals surface area (Å²) >= 11 is 0. The fourth-order valence-electron chi connectivity index (χ4n) is 1.29. The van der Waals surface area contributed by atoms with Crippen molar-refractivity contribution in [2.75, 3.05) is 6.54 Å². The van der Waals surface area contributed by atoms with Crippen LogP contribution in [0.2, 0.25) is 0 Å². The Morgan fingerprint density at radius 3 is 3.00 bits per heavy atom. The van der Waals surface area contributed by atoms with Crippen LogP contribution in [0.1, 0.15) is 12.6 Å². The summed E-state index contributed by atoms with van der Waals surface area (Å²) in [5, 5.41) is 3.29. The number of nitrogens with zero attached hydrogens (tertiary/aromatic N) is 3. The first-order chi connectivity index (χ1) is 5.77. The number of aromatic nitrogens is 2. The molecule has 1 aliphatic heterocycles. The van der Waals surface area contributed by atoms with Crippen LogP contribution in [0.15, 0.2) is 17.5 Å². The van der Waals surface area contributed by atoms with Crippen molar-refractivity contribution in [3.8, 4) is 0 Å². The average Bonchev–Trinajstić information content (AvgIpc) is 2.58. The minimum absolute atomic E-state index is 0.454. The molecule has 0 amide bonds. The van der Waals surface area contributed by atoms with Crippen molar-refractivity contribution in [2.24, 2.45) is 12.0 Å². The highest BCUT2D eigenvalue weighted by atomic mass is 15.1. The van der Waals surface area contributed by atoms with Crippen LogP contribution in [-0.2, 0) is 7.05 Å². The standard InChI is InChI=1S/C8H12N4/c1-6-3-10-8(11-6)7-4-9-5-12(7)2/h4-6H,3H2,1-2H3,(H,10,11). The first-order valence-electron chi connectivity index (χ1n) is 4.05. The molecule has 0 aliphatic carbocycles. The lowest BCUT2D eigenvalue weighted by Crippen LogP contribution is -2.28. The van der Waals surface area contributed by atoms with Crippen LogP contribution in [0.3, 0.4) is 0 Å². The molecule has 0 bridgehead atoms. The van der Waals surface area contributed by atoms with Crippen molar-refractivity contribution in [1.82, 2.24) is 14.9 Å². The molecule has 12 heavy (non-hydrogen) atoms. The van der Waals surface area contributed by atoms with Gasteiger partial charge in [-0.25, -0.2) is 4.98 Å². The fourth-order valence-corrected chi connectivity index (χ4v) is 1.29. The summed E-state index contributed by atoms with van der Waals surface area (Å²) in [7, 11) is 1.97. The SMILES string of the molecule is CC1CN=C(c2cncn2C)N1. The Balaban J connectivity index is 2.27. The summed E-state index contributed by atoms with van der Waals surface area (Å²) in [5.41, 5.74) is 1.05. The van der Waals surface area contributed by atoms with Crippen molar-refractivity contribution in [2.45, 2.75) is 13.0 Å². The Kier molecular flexibility index (Phi) is 1.60. The Morgan fingerprint density at radius 2 is 2.50 bits per heavy atom. The van der Waals surface area contributed by atoms with E-state index in [9.17, 15) is 0 Å². The molecule has 1 atom stereocenters. The molecule has 0 spiro atoms. The van der Waals surface area contributed by atoms with Gasteiger partial charge in [-0.3, -0.25) is 4.99 Å². The van der Waals surface area contributed by atoms with Gasteiger partial charge in [0.15, 0.2) is 0 Å². The molecule has 0 aromatic carbocycles. The number of rotatable bonds is 1. The van der Waals surface area contributed by atoms with Gasteiger partial charge in [-0.05, 0) is 6.92 Å². The third-order valence-electron chi connectivity index (χ3n) is 1.97. The predicted octanol–water partition coefficient (Wildman–Crippen LogP) is 0.158. The highest BCUT2D eigenvalue weighted by Gasteiger charge is 2.15. The minimum Gasteiger partial charge on any atom is -0.364 e. The normalized spacial score (nSPS) is 22.2. The second-order valence-corrected chi connectivity index (χ2v) is 3.12. The lowest BCUT2D eigenvalue weighted by molar-refractivity contribution is 0.724. The smallest absolute Gasteiger partial charge is 0.147 e. The third-order valence-corrected chi connectivity index (χ3v) is 1.97. The van der Waals surface area contributed by atoms with E-state index in [1.165, 1.54) is 0 Å². The van der Waals surface area contributed by atoms with E-state index in [4.69, 9.17) is 0 Å². The zero-order valence-electron chi connectivity index (χ0n) is 7.28. The van der Waals surface area contributed by atoms with Crippen molar-refractivity contribution in [1.29, 1.82) is 0 Å². The van der Waals surface area contributed by atoms with Crippen molar-refractivity contribution < 1.29 is 0 Å². The van der Waals surface area contributed by atoms with E-state index in [-0.39, 0.29) is 0 Å². The van der Waals surface area contributed by atoms with E-state index in [0.29, 0.717) is 6.04 Å². The first-order valence-corrected chi connectivity index (χ1v) is 4.05. The molecule has 4 heteroatoms. The molecular formula is C8H12N4. The lowest BCUT2D eigenvalue weighted by atomic mass is 10.3. The maximum Gasteiger partial charge on any atom is 0.147 e. The molecule has 1 aromatic heterocycles. The third kappa shape index (κ3) is 1.09. The van der Waals surface area contributed by atoms with Gasteiger partial charge in [-0.1, -0.05) is 0 Å². The summed E-state index contributed by atoms with van der Waals surface area (Å²) in [6.07, 6.45) is 3.60. The van der Waals surface area contributed by atoms with Crippen molar-refractivity contribution in [3.05, 3.63) is 18.2 Å². The van der Waals surface area contributed by atoms with Crippen LogP contribution in [0, 0.1) is 0 Å². The van der Waals surface area contributed by atoms with Gasteiger partial charge in [0, 0.05) is 13.1 Å². The molecule has 2 heterocycles. The maximum absolute atomic E-state index is 4.36. The zero-order valence-corrected chi connectivity index (χ0v) is 7.28.